The molecule has 2 aliphatic heterocycles. The van der Waals surface area contributed by atoms with Gasteiger partial charge in [0.25, 0.3) is 0 Å². The van der Waals surface area contributed by atoms with E-state index in [-0.39, 0.29) is 35.9 Å². The second-order valence-corrected chi connectivity index (χ2v) is 16.3. The first kappa shape index (κ1) is 28.6. The lowest BCUT2D eigenvalue weighted by Crippen LogP contribution is -2.56. The predicted molar refractivity (Wildman–Crippen MR) is 130 cm³/mol. The first-order valence-electron chi connectivity index (χ1n) is 12.2. The van der Waals surface area contributed by atoms with Gasteiger partial charge < -0.3 is 29.2 Å². The molecule has 8 atom stereocenters. The molecule has 7 nitrogen and oxygen atoms in total. The van der Waals surface area contributed by atoms with Crippen LogP contribution in [0.15, 0.2) is 12.2 Å². The SMILES string of the molecule is CC=C[C@H](C)[C@H]1OC1(C)[C@@H](O[Si](C)(C)C(C)(C)C)[C@@H](CO)C(=O)[C@@H]1COC(O)(CC)C[C@@H]1O. The Balaban J connectivity index is 2.37. The number of hydrogen-bond acceptors (Lipinski definition) is 7. The van der Waals surface area contributed by atoms with Crippen LogP contribution in [0.1, 0.15) is 61.3 Å². The fourth-order valence-electron chi connectivity index (χ4n) is 4.61. The monoisotopic (exact) mass is 486 g/mol. The summed E-state index contributed by atoms with van der Waals surface area (Å²) in [5.41, 5.74) is -0.734. The molecule has 0 spiro atoms. The lowest BCUT2D eigenvalue weighted by Gasteiger charge is -2.44. The highest BCUT2D eigenvalue weighted by Crippen LogP contribution is 2.51. The molecule has 0 bridgehead atoms. The Bertz CT molecular complexity index is 718. The maximum Gasteiger partial charge on any atom is 0.192 e. The molecular formula is C25H46O7Si. The fraction of sp³-hybridized carbons (Fsp3) is 0.880. The summed E-state index contributed by atoms with van der Waals surface area (Å²) in [6, 6.07) is 0. The predicted octanol–water partition coefficient (Wildman–Crippen LogP) is 3.42. The van der Waals surface area contributed by atoms with Crippen molar-refractivity contribution in [3.05, 3.63) is 12.2 Å². The van der Waals surface area contributed by atoms with E-state index in [4.69, 9.17) is 13.9 Å². The minimum Gasteiger partial charge on any atom is -0.410 e. The van der Waals surface area contributed by atoms with Gasteiger partial charge in [-0.25, -0.2) is 0 Å². The molecule has 33 heavy (non-hydrogen) atoms. The summed E-state index contributed by atoms with van der Waals surface area (Å²) in [5.74, 6) is -3.32. The molecule has 3 N–H and O–H groups in total. The number of carbonyl (C=O) groups excluding carboxylic acids is 1. The molecule has 0 aromatic rings. The number of carbonyl (C=O) groups is 1. The molecular weight excluding hydrogens is 440 g/mol. The third-order valence-corrected chi connectivity index (χ3v) is 12.5. The summed E-state index contributed by atoms with van der Waals surface area (Å²) in [5, 5.41) is 31.4. The van der Waals surface area contributed by atoms with Crippen LogP contribution in [0.25, 0.3) is 0 Å². The minimum atomic E-state index is -2.34. The Morgan fingerprint density at radius 1 is 1.33 bits per heavy atom. The molecule has 0 radical (unpaired) electrons. The average molecular weight is 487 g/mol. The van der Waals surface area contributed by atoms with Gasteiger partial charge in [0.2, 0.25) is 0 Å². The Hall–Kier alpha value is -0.613. The van der Waals surface area contributed by atoms with E-state index in [1.54, 1.807) is 6.92 Å². The number of rotatable bonds is 10. The Kier molecular flexibility index (Phi) is 8.82. The fourth-order valence-corrected chi connectivity index (χ4v) is 5.99. The number of Topliss-reactive ketones (excluding diaryl/α,β-unsaturated/α-hetero) is 1. The van der Waals surface area contributed by atoms with Gasteiger partial charge in [0.05, 0.1) is 43.4 Å². The molecule has 2 unspecified atom stereocenters. The van der Waals surface area contributed by atoms with Crippen LogP contribution in [0.4, 0.5) is 0 Å². The third kappa shape index (κ3) is 5.97. The zero-order valence-electron chi connectivity index (χ0n) is 21.9. The van der Waals surface area contributed by atoms with Gasteiger partial charge in [-0.1, -0.05) is 46.8 Å². The Morgan fingerprint density at radius 3 is 2.39 bits per heavy atom. The van der Waals surface area contributed by atoms with Gasteiger partial charge in [0.15, 0.2) is 14.1 Å². The van der Waals surface area contributed by atoms with Gasteiger partial charge in [-0.15, -0.1) is 0 Å². The standard InChI is InChI=1S/C25H46O7Si/c1-10-12-16(3)21-24(7,31-21)22(32-33(8,9)23(4,5)6)17(14-26)20(28)18-15-30-25(29,11-2)13-19(18)27/h10,12,16-19,21-22,26-27,29H,11,13-15H2,1-9H3/t16-,17-,18+,19-,21+,22-,24?,25?/m0/s1. The first-order chi connectivity index (χ1) is 15.1. The van der Waals surface area contributed by atoms with Crippen molar-refractivity contribution in [1.29, 1.82) is 0 Å². The zero-order chi connectivity index (χ0) is 25.4. The van der Waals surface area contributed by atoms with E-state index in [1.165, 1.54) is 0 Å². The average Bonchev–Trinajstić information content (AvgIpc) is 3.40. The molecule has 0 saturated carbocycles. The molecule has 0 aliphatic carbocycles. The molecule has 0 aromatic heterocycles. The second-order valence-electron chi connectivity index (χ2n) is 11.6. The van der Waals surface area contributed by atoms with Gasteiger partial charge in [-0.3, -0.25) is 4.79 Å². The van der Waals surface area contributed by atoms with Gasteiger partial charge >= 0.3 is 0 Å². The lowest BCUT2D eigenvalue weighted by molar-refractivity contribution is -0.258. The molecule has 2 aliphatic rings. The van der Waals surface area contributed by atoms with Crippen LogP contribution in [-0.2, 0) is 18.7 Å². The molecule has 0 aromatic carbocycles. The number of ketones is 1. The zero-order valence-corrected chi connectivity index (χ0v) is 22.9. The van der Waals surface area contributed by atoms with Crippen molar-refractivity contribution in [2.24, 2.45) is 17.8 Å². The summed E-state index contributed by atoms with van der Waals surface area (Å²) in [6.45, 7) is 17.9. The number of ether oxygens (including phenoxy) is 2. The lowest BCUT2D eigenvalue weighted by atomic mass is 9.78. The van der Waals surface area contributed by atoms with E-state index in [9.17, 15) is 20.1 Å². The van der Waals surface area contributed by atoms with Gasteiger partial charge in [-0.2, -0.15) is 0 Å². The molecule has 2 rings (SSSR count). The number of allylic oxidation sites excluding steroid dienone is 1. The van der Waals surface area contributed by atoms with Crippen LogP contribution in [0.5, 0.6) is 0 Å². The normalized spacial score (nSPS) is 35.9. The highest BCUT2D eigenvalue weighted by molar-refractivity contribution is 6.74. The summed E-state index contributed by atoms with van der Waals surface area (Å²) in [4.78, 5) is 13.7. The number of hydrogen-bond donors (Lipinski definition) is 3. The van der Waals surface area contributed by atoms with Crippen molar-refractivity contribution >= 4 is 14.1 Å². The Morgan fingerprint density at radius 2 is 1.94 bits per heavy atom. The molecule has 2 heterocycles. The molecule has 0 amide bonds. The Labute approximate surface area is 200 Å². The van der Waals surface area contributed by atoms with Crippen molar-refractivity contribution in [2.75, 3.05) is 13.2 Å². The van der Waals surface area contributed by atoms with Gasteiger partial charge in [0, 0.05) is 12.3 Å². The summed E-state index contributed by atoms with van der Waals surface area (Å²) < 4.78 is 18.5. The van der Waals surface area contributed by atoms with Crippen LogP contribution in [0.3, 0.4) is 0 Å². The number of aliphatic hydroxyl groups is 3. The van der Waals surface area contributed by atoms with Crippen molar-refractivity contribution < 1.29 is 34.0 Å². The molecule has 2 saturated heterocycles. The summed E-state index contributed by atoms with van der Waals surface area (Å²) in [7, 11) is -2.34. The van der Waals surface area contributed by atoms with Crippen molar-refractivity contribution in [1.82, 2.24) is 0 Å². The van der Waals surface area contributed by atoms with Crippen LogP contribution >= 0.6 is 0 Å². The van der Waals surface area contributed by atoms with E-state index in [1.807, 2.05) is 19.9 Å². The first-order valence-corrected chi connectivity index (χ1v) is 15.1. The summed E-state index contributed by atoms with van der Waals surface area (Å²) in [6.07, 6.45) is 2.48. The molecule has 8 heteroatoms. The van der Waals surface area contributed by atoms with E-state index in [0.717, 1.165) is 0 Å². The highest BCUT2D eigenvalue weighted by Gasteiger charge is 2.64. The number of aliphatic hydroxyl groups excluding tert-OH is 2. The van der Waals surface area contributed by atoms with E-state index >= 15 is 0 Å². The van der Waals surface area contributed by atoms with E-state index < -0.39 is 50.4 Å². The van der Waals surface area contributed by atoms with E-state index in [2.05, 4.69) is 46.9 Å². The smallest absolute Gasteiger partial charge is 0.192 e. The molecule has 192 valence electrons. The van der Waals surface area contributed by atoms with Crippen molar-refractivity contribution in [3.63, 3.8) is 0 Å². The van der Waals surface area contributed by atoms with Crippen LogP contribution in [0, 0.1) is 17.8 Å². The molecule has 2 fully saturated rings. The van der Waals surface area contributed by atoms with E-state index in [0.29, 0.717) is 6.42 Å². The summed E-state index contributed by atoms with van der Waals surface area (Å²) >= 11 is 0. The van der Waals surface area contributed by atoms with Crippen LogP contribution < -0.4 is 0 Å². The minimum absolute atomic E-state index is 0.0411. The van der Waals surface area contributed by atoms with Crippen molar-refractivity contribution in [3.8, 4) is 0 Å². The third-order valence-electron chi connectivity index (χ3n) is 8.02. The number of epoxide rings is 1. The van der Waals surface area contributed by atoms with Crippen LogP contribution in [-0.4, -0.2) is 72.3 Å². The topological polar surface area (TPSA) is 109 Å². The second kappa shape index (κ2) is 10.2. The van der Waals surface area contributed by atoms with Gasteiger partial charge in [-0.05, 0) is 38.4 Å². The maximum absolute atomic E-state index is 13.7. The largest absolute Gasteiger partial charge is 0.410 e. The van der Waals surface area contributed by atoms with Crippen LogP contribution in [0.2, 0.25) is 18.1 Å². The maximum atomic E-state index is 13.7. The van der Waals surface area contributed by atoms with Gasteiger partial charge in [0.1, 0.15) is 11.4 Å². The highest BCUT2D eigenvalue weighted by atomic mass is 28.4. The van der Waals surface area contributed by atoms with Crippen molar-refractivity contribution in [2.45, 2.75) is 109 Å². The quantitative estimate of drug-likeness (QED) is 0.247.